The number of aliphatic carboxylic acids is 1. The van der Waals surface area contributed by atoms with Crippen LogP contribution in [0.25, 0.3) is 0 Å². The first-order chi connectivity index (χ1) is 11.6. The largest absolute Gasteiger partial charge is 0.480 e. The molecule has 7 heteroatoms. The van der Waals surface area contributed by atoms with Crippen LogP contribution in [0.5, 0.6) is 0 Å². The Morgan fingerprint density at radius 1 is 1.29 bits per heavy atom. The molecule has 0 saturated heterocycles. The number of amides is 1. The molecule has 0 aliphatic carbocycles. The third kappa shape index (κ3) is 3.19. The van der Waals surface area contributed by atoms with E-state index < -0.39 is 17.6 Å². The second-order valence-electron chi connectivity index (χ2n) is 5.69. The van der Waals surface area contributed by atoms with Crippen LogP contribution in [0.1, 0.15) is 30.3 Å². The van der Waals surface area contributed by atoms with Crippen molar-refractivity contribution in [2.24, 2.45) is 0 Å². The molecule has 0 spiro atoms. The number of anilines is 1. The van der Waals surface area contributed by atoms with Crippen LogP contribution >= 0.6 is 0 Å². The van der Waals surface area contributed by atoms with Gasteiger partial charge in [-0.1, -0.05) is 30.3 Å². The summed E-state index contributed by atoms with van der Waals surface area (Å²) in [5.41, 5.74) is 0.533. The van der Waals surface area contributed by atoms with Gasteiger partial charge in [0.05, 0.1) is 6.20 Å². The summed E-state index contributed by atoms with van der Waals surface area (Å²) < 4.78 is 1.16. The highest BCUT2D eigenvalue weighted by atomic mass is 16.4. The Bertz CT molecular complexity index is 829. The molecule has 1 aromatic carbocycles. The van der Waals surface area contributed by atoms with Crippen molar-refractivity contribution in [2.75, 3.05) is 5.32 Å². The lowest BCUT2D eigenvalue weighted by molar-refractivity contribution is -0.140. The van der Waals surface area contributed by atoms with E-state index in [2.05, 4.69) is 10.3 Å². The summed E-state index contributed by atoms with van der Waals surface area (Å²) in [6.07, 6.45) is 2.87. The van der Waals surface area contributed by atoms with Crippen LogP contribution in [0.4, 0.5) is 5.69 Å². The van der Waals surface area contributed by atoms with Crippen molar-refractivity contribution in [1.29, 1.82) is 0 Å². The molecular weight excluding hydrogens is 310 g/mol. The summed E-state index contributed by atoms with van der Waals surface area (Å²) >= 11 is 0. The number of benzene rings is 1. The summed E-state index contributed by atoms with van der Waals surface area (Å²) in [6, 6.07) is 8.64. The maximum absolute atomic E-state index is 12.4. The van der Waals surface area contributed by atoms with Crippen LogP contribution in [0.2, 0.25) is 0 Å². The van der Waals surface area contributed by atoms with Gasteiger partial charge in [0.25, 0.3) is 5.56 Å². The number of nitrogens with one attached hydrogen (secondary N) is 1. The van der Waals surface area contributed by atoms with Gasteiger partial charge in [0, 0.05) is 12.8 Å². The van der Waals surface area contributed by atoms with Crippen molar-refractivity contribution >= 4 is 17.6 Å². The van der Waals surface area contributed by atoms with Gasteiger partial charge in [-0.25, -0.2) is 9.78 Å². The highest BCUT2D eigenvalue weighted by molar-refractivity contribution is 5.90. The number of nitrogens with zero attached hydrogens (tertiary/aromatic N) is 2. The Balaban J connectivity index is 1.72. The molecule has 2 aromatic rings. The van der Waals surface area contributed by atoms with Gasteiger partial charge in [0.15, 0.2) is 0 Å². The second-order valence-corrected chi connectivity index (χ2v) is 5.69. The number of hydrogen-bond donors (Lipinski definition) is 2. The number of carbonyl (C=O) groups excluding carboxylic acids is 1. The second kappa shape index (κ2) is 6.66. The average Bonchev–Trinajstić information content (AvgIpc) is 3.02. The minimum absolute atomic E-state index is 0.0185. The maximum Gasteiger partial charge on any atom is 0.326 e. The first-order valence-corrected chi connectivity index (χ1v) is 7.73. The third-order valence-electron chi connectivity index (χ3n) is 4.07. The molecule has 1 atom stereocenters. The molecule has 24 heavy (non-hydrogen) atoms. The maximum atomic E-state index is 12.4. The lowest BCUT2D eigenvalue weighted by Gasteiger charge is -2.11. The predicted octanol–water partition coefficient (Wildman–Crippen LogP) is 1.39. The Labute approximate surface area is 138 Å². The lowest BCUT2D eigenvalue weighted by atomic mass is 10.1. The summed E-state index contributed by atoms with van der Waals surface area (Å²) in [6.45, 7) is 0. The lowest BCUT2D eigenvalue weighted by Crippen LogP contribution is -2.31. The Kier molecular flexibility index (Phi) is 4.41. The number of aryl methyl sites for hydroxylation is 2. The fourth-order valence-electron chi connectivity index (χ4n) is 2.84. The van der Waals surface area contributed by atoms with E-state index in [1.54, 1.807) is 0 Å². The topological polar surface area (TPSA) is 101 Å². The van der Waals surface area contributed by atoms with E-state index in [-0.39, 0.29) is 18.0 Å². The molecule has 7 nitrogen and oxygen atoms in total. The van der Waals surface area contributed by atoms with E-state index >= 15 is 0 Å². The van der Waals surface area contributed by atoms with E-state index in [0.717, 1.165) is 10.1 Å². The number of fused-ring (bicyclic) bond motifs is 1. The molecule has 2 heterocycles. The quantitative estimate of drug-likeness (QED) is 0.864. The van der Waals surface area contributed by atoms with Crippen molar-refractivity contribution in [3.05, 3.63) is 58.3 Å². The molecule has 0 saturated carbocycles. The molecule has 3 rings (SSSR count). The van der Waals surface area contributed by atoms with Gasteiger partial charge in [-0.2, -0.15) is 0 Å². The summed E-state index contributed by atoms with van der Waals surface area (Å²) in [5.74, 6) is -0.928. The zero-order valence-corrected chi connectivity index (χ0v) is 12.9. The van der Waals surface area contributed by atoms with Crippen LogP contribution in [0, 0.1) is 0 Å². The molecule has 1 aliphatic heterocycles. The van der Waals surface area contributed by atoms with Gasteiger partial charge in [-0.05, 0) is 18.4 Å². The van der Waals surface area contributed by atoms with E-state index in [1.807, 2.05) is 30.3 Å². The first-order valence-electron chi connectivity index (χ1n) is 7.73. The minimum atomic E-state index is -1.06. The normalized spacial score (nSPS) is 15.8. The number of carbonyl (C=O) groups is 2. The molecule has 1 amide bonds. The molecule has 1 aromatic heterocycles. The van der Waals surface area contributed by atoms with Gasteiger partial charge < -0.3 is 10.4 Å². The van der Waals surface area contributed by atoms with Crippen molar-refractivity contribution in [3.63, 3.8) is 0 Å². The smallest absolute Gasteiger partial charge is 0.326 e. The number of aromatic nitrogens is 2. The van der Waals surface area contributed by atoms with E-state index in [9.17, 15) is 19.5 Å². The first kappa shape index (κ1) is 15.9. The monoisotopic (exact) mass is 327 g/mol. The predicted molar refractivity (Wildman–Crippen MR) is 86.9 cm³/mol. The van der Waals surface area contributed by atoms with Crippen molar-refractivity contribution in [1.82, 2.24) is 9.55 Å². The Hall–Kier alpha value is -2.96. The molecule has 0 fully saturated rings. The molecule has 124 valence electrons. The standard InChI is InChI=1S/C17H17N3O4/c21-15(9-6-11-4-2-1-3-5-11)19-12-10-18-14-8-7-13(17(23)24)20(14)16(12)22/h1-5,10,13H,6-9H2,(H,19,21)(H,23,24)/t13-/m0/s1. The van der Waals surface area contributed by atoms with Crippen LogP contribution in [0.15, 0.2) is 41.3 Å². The highest BCUT2D eigenvalue weighted by Gasteiger charge is 2.30. The van der Waals surface area contributed by atoms with Gasteiger partial charge >= 0.3 is 5.97 Å². The van der Waals surface area contributed by atoms with E-state index in [0.29, 0.717) is 25.1 Å². The van der Waals surface area contributed by atoms with Crippen molar-refractivity contribution in [3.8, 4) is 0 Å². The molecular formula is C17H17N3O4. The average molecular weight is 327 g/mol. The summed E-state index contributed by atoms with van der Waals surface area (Å²) in [7, 11) is 0. The minimum Gasteiger partial charge on any atom is -0.480 e. The number of carboxylic acids is 1. The van der Waals surface area contributed by atoms with Crippen LogP contribution in [-0.2, 0) is 22.4 Å². The van der Waals surface area contributed by atoms with Crippen LogP contribution < -0.4 is 10.9 Å². The van der Waals surface area contributed by atoms with Gasteiger partial charge in [0.1, 0.15) is 17.6 Å². The number of rotatable bonds is 5. The highest BCUT2D eigenvalue weighted by Crippen LogP contribution is 2.23. The molecule has 0 unspecified atom stereocenters. The van der Waals surface area contributed by atoms with E-state index in [4.69, 9.17) is 0 Å². The van der Waals surface area contributed by atoms with Gasteiger partial charge in [-0.3, -0.25) is 14.2 Å². The Morgan fingerprint density at radius 3 is 2.75 bits per heavy atom. The fourth-order valence-corrected chi connectivity index (χ4v) is 2.84. The SMILES string of the molecule is O=C(CCc1ccccc1)Nc1cnc2n(c1=O)[C@H](C(=O)O)CC2. The van der Waals surface area contributed by atoms with Gasteiger partial charge in [0.2, 0.25) is 5.91 Å². The summed E-state index contributed by atoms with van der Waals surface area (Å²) in [5, 5.41) is 11.7. The molecule has 1 aliphatic rings. The zero-order valence-electron chi connectivity index (χ0n) is 12.9. The van der Waals surface area contributed by atoms with E-state index in [1.165, 1.54) is 6.20 Å². The van der Waals surface area contributed by atoms with Crippen molar-refractivity contribution < 1.29 is 14.7 Å². The molecule has 2 N–H and O–H groups in total. The number of hydrogen-bond acceptors (Lipinski definition) is 4. The third-order valence-corrected chi connectivity index (χ3v) is 4.07. The molecule has 0 radical (unpaired) electrons. The Morgan fingerprint density at radius 2 is 2.04 bits per heavy atom. The van der Waals surface area contributed by atoms with Crippen molar-refractivity contribution in [2.45, 2.75) is 31.7 Å². The molecule has 0 bridgehead atoms. The zero-order chi connectivity index (χ0) is 17.1. The fraction of sp³-hybridized carbons (Fsp3) is 0.294. The summed E-state index contributed by atoms with van der Waals surface area (Å²) in [4.78, 5) is 39.8. The van der Waals surface area contributed by atoms with Crippen LogP contribution in [0.3, 0.4) is 0 Å². The van der Waals surface area contributed by atoms with Gasteiger partial charge in [-0.15, -0.1) is 0 Å². The number of carboxylic acid groups (broad SMARTS) is 1. The van der Waals surface area contributed by atoms with Crippen LogP contribution in [-0.4, -0.2) is 26.5 Å².